The molecule has 1 saturated carbocycles. The maximum absolute atomic E-state index is 12.0. The summed E-state index contributed by atoms with van der Waals surface area (Å²) in [4.78, 5) is 12.0. The van der Waals surface area contributed by atoms with Crippen LogP contribution in [-0.4, -0.2) is 6.03 Å². The van der Waals surface area contributed by atoms with E-state index in [1.54, 1.807) is 0 Å². The zero-order chi connectivity index (χ0) is 13.7. The summed E-state index contributed by atoms with van der Waals surface area (Å²) >= 11 is 0. The number of anilines is 1. The largest absolute Gasteiger partial charge is 0.461 e. The van der Waals surface area contributed by atoms with E-state index in [0.717, 1.165) is 53.7 Å². The smallest absolute Gasteiger partial charge is 0.319 e. The van der Waals surface area contributed by atoms with Gasteiger partial charge in [-0.05, 0) is 38.0 Å². The average molecular weight is 270 g/mol. The molecular weight excluding hydrogens is 252 g/mol. The predicted molar refractivity (Wildman–Crippen MR) is 77.9 cm³/mol. The number of hydrogen-bond donors (Lipinski definition) is 2. The van der Waals surface area contributed by atoms with Crippen LogP contribution in [0, 0.1) is 6.92 Å². The quantitative estimate of drug-likeness (QED) is 0.759. The van der Waals surface area contributed by atoms with Crippen molar-refractivity contribution >= 4 is 22.7 Å². The highest BCUT2D eigenvalue weighted by Crippen LogP contribution is 2.46. The SMILES string of the molecule is Cc1cc2ccc3c(c2o1)C1(CCCCC1)NC(=O)N3. The molecule has 1 spiro atoms. The zero-order valence-electron chi connectivity index (χ0n) is 11.6. The molecule has 4 rings (SSSR count). The van der Waals surface area contributed by atoms with Gasteiger partial charge in [0.05, 0.1) is 11.2 Å². The predicted octanol–water partition coefficient (Wildman–Crippen LogP) is 4.04. The van der Waals surface area contributed by atoms with Gasteiger partial charge in [-0.15, -0.1) is 0 Å². The van der Waals surface area contributed by atoms with Crippen LogP contribution in [0.2, 0.25) is 0 Å². The molecule has 1 aromatic heterocycles. The van der Waals surface area contributed by atoms with Crippen molar-refractivity contribution in [3.8, 4) is 0 Å². The number of fused-ring (bicyclic) bond motifs is 4. The van der Waals surface area contributed by atoms with Crippen molar-refractivity contribution in [3.63, 3.8) is 0 Å². The lowest BCUT2D eigenvalue weighted by Gasteiger charge is -2.42. The first-order valence-corrected chi connectivity index (χ1v) is 7.31. The van der Waals surface area contributed by atoms with Crippen molar-refractivity contribution in [2.24, 2.45) is 0 Å². The highest BCUT2D eigenvalue weighted by atomic mass is 16.3. The maximum Gasteiger partial charge on any atom is 0.319 e. The number of amides is 2. The van der Waals surface area contributed by atoms with Crippen molar-refractivity contribution in [2.75, 3.05) is 5.32 Å². The van der Waals surface area contributed by atoms with E-state index in [-0.39, 0.29) is 11.6 Å². The van der Waals surface area contributed by atoms with Gasteiger partial charge in [0.1, 0.15) is 11.3 Å². The van der Waals surface area contributed by atoms with Gasteiger partial charge in [-0.3, -0.25) is 0 Å². The minimum absolute atomic E-state index is 0.0953. The van der Waals surface area contributed by atoms with Crippen molar-refractivity contribution in [2.45, 2.75) is 44.6 Å². The second-order valence-electron chi connectivity index (χ2n) is 5.99. The highest BCUT2D eigenvalue weighted by Gasteiger charge is 2.42. The number of nitrogens with one attached hydrogen (secondary N) is 2. The van der Waals surface area contributed by atoms with Crippen LogP contribution < -0.4 is 10.6 Å². The van der Waals surface area contributed by atoms with Crippen LogP contribution in [0.3, 0.4) is 0 Å². The van der Waals surface area contributed by atoms with Gasteiger partial charge in [0.2, 0.25) is 0 Å². The third-order valence-electron chi connectivity index (χ3n) is 4.60. The lowest BCUT2D eigenvalue weighted by Crippen LogP contribution is -2.52. The van der Waals surface area contributed by atoms with Crippen molar-refractivity contribution in [1.82, 2.24) is 5.32 Å². The number of benzene rings is 1. The third-order valence-corrected chi connectivity index (χ3v) is 4.60. The number of carbonyl (C=O) groups excluding carboxylic acids is 1. The van der Waals surface area contributed by atoms with E-state index >= 15 is 0 Å². The molecule has 2 aromatic rings. The van der Waals surface area contributed by atoms with Gasteiger partial charge in [-0.2, -0.15) is 0 Å². The normalized spacial score (nSPS) is 20.6. The summed E-state index contributed by atoms with van der Waals surface area (Å²) in [6.07, 6.45) is 5.53. The zero-order valence-corrected chi connectivity index (χ0v) is 11.6. The van der Waals surface area contributed by atoms with E-state index in [9.17, 15) is 4.79 Å². The minimum Gasteiger partial charge on any atom is -0.461 e. The monoisotopic (exact) mass is 270 g/mol. The number of aryl methyl sites for hydroxylation is 1. The molecule has 20 heavy (non-hydrogen) atoms. The molecule has 2 amide bonds. The Morgan fingerprint density at radius 3 is 2.80 bits per heavy atom. The first-order valence-electron chi connectivity index (χ1n) is 7.31. The molecule has 1 fully saturated rings. The van der Waals surface area contributed by atoms with Gasteiger partial charge in [0.15, 0.2) is 0 Å². The number of urea groups is 1. The van der Waals surface area contributed by atoms with Gasteiger partial charge >= 0.3 is 6.03 Å². The van der Waals surface area contributed by atoms with Crippen molar-refractivity contribution in [1.29, 1.82) is 0 Å². The third kappa shape index (κ3) is 1.57. The number of rotatable bonds is 0. The van der Waals surface area contributed by atoms with Crippen LogP contribution in [0.25, 0.3) is 11.0 Å². The standard InChI is InChI=1S/C16H18N2O2/c1-10-9-11-5-6-12-13(14(11)20-10)16(18-15(19)17-12)7-3-2-4-8-16/h5-6,9H,2-4,7-8H2,1H3,(H2,17,18,19). The summed E-state index contributed by atoms with van der Waals surface area (Å²) < 4.78 is 5.94. The van der Waals surface area contributed by atoms with E-state index < -0.39 is 0 Å². The van der Waals surface area contributed by atoms with Crippen LogP contribution in [0.4, 0.5) is 10.5 Å². The Morgan fingerprint density at radius 1 is 1.20 bits per heavy atom. The second kappa shape index (κ2) is 4.01. The van der Waals surface area contributed by atoms with Crippen LogP contribution in [0.1, 0.15) is 43.4 Å². The molecule has 0 bridgehead atoms. The molecule has 2 heterocycles. The fourth-order valence-electron chi connectivity index (χ4n) is 3.77. The first-order chi connectivity index (χ1) is 9.68. The molecule has 0 unspecified atom stereocenters. The molecule has 0 radical (unpaired) electrons. The maximum atomic E-state index is 12.0. The number of hydrogen-bond acceptors (Lipinski definition) is 2. The summed E-state index contributed by atoms with van der Waals surface area (Å²) in [5.41, 5.74) is 2.72. The minimum atomic E-state index is -0.250. The van der Waals surface area contributed by atoms with Crippen LogP contribution in [0.5, 0.6) is 0 Å². The first kappa shape index (κ1) is 11.8. The van der Waals surface area contributed by atoms with Crippen LogP contribution in [-0.2, 0) is 5.54 Å². The molecule has 4 heteroatoms. The highest BCUT2D eigenvalue weighted by molar-refractivity contribution is 5.99. The Kier molecular flexibility index (Phi) is 2.37. The Bertz CT molecular complexity index is 696. The molecule has 2 aliphatic rings. The fraction of sp³-hybridized carbons (Fsp3) is 0.438. The van der Waals surface area contributed by atoms with E-state index in [4.69, 9.17) is 4.42 Å². The lowest BCUT2D eigenvalue weighted by molar-refractivity contribution is 0.209. The molecule has 0 saturated heterocycles. The van der Waals surface area contributed by atoms with Crippen molar-refractivity contribution < 1.29 is 9.21 Å². The fourth-order valence-corrected chi connectivity index (χ4v) is 3.77. The summed E-state index contributed by atoms with van der Waals surface area (Å²) in [5.74, 6) is 0.913. The molecule has 4 nitrogen and oxygen atoms in total. The van der Waals surface area contributed by atoms with E-state index in [0.29, 0.717) is 0 Å². The van der Waals surface area contributed by atoms with Gasteiger partial charge in [-0.1, -0.05) is 19.3 Å². The number of carbonyl (C=O) groups is 1. The molecule has 1 aliphatic heterocycles. The molecule has 0 atom stereocenters. The average Bonchev–Trinajstić information content (AvgIpc) is 2.79. The van der Waals surface area contributed by atoms with Crippen LogP contribution >= 0.6 is 0 Å². The van der Waals surface area contributed by atoms with Gasteiger partial charge in [-0.25, -0.2) is 4.79 Å². The second-order valence-corrected chi connectivity index (χ2v) is 5.99. The lowest BCUT2D eigenvalue weighted by atomic mass is 9.74. The van der Waals surface area contributed by atoms with E-state index in [1.165, 1.54) is 6.42 Å². The molecular formula is C16H18N2O2. The summed E-state index contributed by atoms with van der Waals surface area (Å²) in [7, 11) is 0. The molecule has 1 aliphatic carbocycles. The van der Waals surface area contributed by atoms with Gasteiger partial charge in [0.25, 0.3) is 0 Å². The Morgan fingerprint density at radius 2 is 2.00 bits per heavy atom. The summed E-state index contributed by atoms with van der Waals surface area (Å²) in [6, 6.07) is 5.99. The Hall–Kier alpha value is -1.97. The van der Waals surface area contributed by atoms with Crippen LogP contribution in [0.15, 0.2) is 22.6 Å². The number of furan rings is 1. The Balaban J connectivity index is 2.01. The van der Waals surface area contributed by atoms with Gasteiger partial charge < -0.3 is 15.1 Å². The van der Waals surface area contributed by atoms with E-state index in [1.807, 2.05) is 19.1 Å². The van der Waals surface area contributed by atoms with Crippen molar-refractivity contribution in [3.05, 3.63) is 29.5 Å². The molecule has 104 valence electrons. The van der Waals surface area contributed by atoms with E-state index in [2.05, 4.69) is 16.7 Å². The van der Waals surface area contributed by atoms with Gasteiger partial charge in [0, 0.05) is 10.9 Å². The Labute approximate surface area is 117 Å². The molecule has 2 N–H and O–H groups in total. The molecule has 1 aromatic carbocycles. The topological polar surface area (TPSA) is 54.3 Å². The summed E-state index contributed by atoms with van der Waals surface area (Å²) in [6.45, 7) is 1.97. The summed E-state index contributed by atoms with van der Waals surface area (Å²) in [5, 5.41) is 7.22.